The number of hydrogen-bond acceptors (Lipinski definition) is 5. The second kappa shape index (κ2) is 5.69. The van der Waals surface area contributed by atoms with E-state index in [1.807, 2.05) is 20.8 Å². The van der Waals surface area contributed by atoms with Crippen LogP contribution in [0.2, 0.25) is 0 Å². The lowest BCUT2D eigenvalue weighted by Crippen LogP contribution is -2.39. The average Bonchev–Trinajstić information content (AvgIpc) is 2.37. The van der Waals surface area contributed by atoms with E-state index < -0.39 is 5.60 Å². The van der Waals surface area contributed by atoms with Crippen LogP contribution in [0.3, 0.4) is 0 Å². The van der Waals surface area contributed by atoms with Crippen molar-refractivity contribution in [1.29, 1.82) is 0 Å². The van der Waals surface area contributed by atoms with Crippen molar-refractivity contribution in [2.45, 2.75) is 39.2 Å². The Labute approximate surface area is 120 Å². The van der Waals surface area contributed by atoms with E-state index >= 15 is 0 Å². The maximum atomic E-state index is 12.0. The lowest BCUT2D eigenvalue weighted by Gasteiger charge is -2.34. The molecule has 20 heavy (non-hydrogen) atoms. The van der Waals surface area contributed by atoms with E-state index in [2.05, 4.69) is 9.88 Å². The molecular weight excluding hydrogens is 254 g/mol. The van der Waals surface area contributed by atoms with Gasteiger partial charge in [-0.2, -0.15) is 0 Å². The summed E-state index contributed by atoms with van der Waals surface area (Å²) in [7, 11) is 0. The van der Waals surface area contributed by atoms with Gasteiger partial charge in [0, 0.05) is 19.3 Å². The van der Waals surface area contributed by atoms with Gasteiger partial charge in [-0.3, -0.25) is 9.78 Å². The second-order valence-corrected chi connectivity index (χ2v) is 6.23. The minimum atomic E-state index is -0.415. The smallest absolute Gasteiger partial charge is 0.309 e. The van der Waals surface area contributed by atoms with E-state index in [1.165, 1.54) is 0 Å². The number of piperidine rings is 1. The van der Waals surface area contributed by atoms with Crippen LogP contribution in [0.25, 0.3) is 0 Å². The van der Waals surface area contributed by atoms with Gasteiger partial charge >= 0.3 is 5.97 Å². The zero-order chi connectivity index (χ0) is 14.8. The molecule has 5 heteroatoms. The number of rotatable bonds is 2. The highest BCUT2D eigenvalue weighted by Gasteiger charge is 2.29. The minimum Gasteiger partial charge on any atom is -0.460 e. The fourth-order valence-electron chi connectivity index (χ4n) is 2.40. The molecule has 0 amide bonds. The molecule has 1 fully saturated rings. The summed E-state index contributed by atoms with van der Waals surface area (Å²) in [6.45, 7) is 7.31. The first-order valence-corrected chi connectivity index (χ1v) is 7.04. The van der Waals surface area contributed by atoms with Crippen LogP contribution >= 0.6 is 0 Å². The van der Waals surface area contributed by atoms with Gasteiger partial charge in [0.1, 0.15) is 5.60 Å². The number of anilines is 2. The van der Waals surface area contributed by atoms with Crippen molar-refractivity contribution < 1.29 is 9.53 Å². The minimum absolute atomic E-state index is 0.0108. The third-order valence-electron chi connectivity index (χ3n) is 3.41. The standard InChI is InChI=1S/C15H23N3O2/c1-15(2,3)20-14(19)11-5-8-18(9-6-11)13-10-17-7-4-12(13)16/h4,7,10-11H,5-6,8-9H2,1-3H3,(H2,16,17). The molecule has 0 aliphatic carbocycles. The molecule has 0 bridgehead atoms. The summed E-state index contributed by atoms with van der Waals surface area (Å²) < 4.78 is 5.45. The molecule has 1 aliphatic heterocycles. The van der Waals surface area contributed by atoms with Gasteiger partial charge in [0.2, 0.25) is 0 Å². The Morgan fingerprint density at radius 1 is 1.40 bits per heavy atom. The van der Waals surface area contributed by atoms with E-state index in [-0.39, 0.29) is 11.9 Å². The van der Waals surface area contributed by atoms with Gasteiger partial charge in [-0.25, -0.2) is 0 Å². The second-order valence-electron chi connectivity index (χ2n) is 6.23. The molecule has 0 saturated carbocycles. The molecule has 0 radical (unpaired) electrons. The Morgan fingerprint density at radius 3 is 2.60 bits per heavy atom. The van der Waals surface area contributed by atoms with Gasteiger partial charge in [0.05, 0.1) is 23.5 Å². The van der Waals surface area contributed by atoms with E-state index in [1.54, 1.807) is 18.5 Å². The van der Waals surface area contributed by atoms with E-state index in [4.69, 9.17) is 10.5 Å². The molecule has 1 aromatic rings. The van der Waals surface area contributed by atoms with Crippen molar-refractivity contribution >= 4 is 17.3 Å². The summed E-state index contributed by atoms with van der Waals surface area (Å²) in [6.07, 6.45) is 5.06. The van der Waals surface area contributed by atoms with Gasteiger partial charge in [-0.1, -0.05) is 0 Å². The number of carbonyl (C=O) groups is 1. The Kier molecular flexibility index (Phi) is 4.16. The van der Waals surface area contributed by atoms with E-state index in [0.29, 0.717) is 0 Å². The lowest BCUT2D eigenvalue weighted by atomic mass is 9.96. The normalized spacial score (nSPS) is 17.1. The van der Waals surface area contributed by atoms with Crippen LogP contribution in [0.15, 0.2) is 18.5 Å². The lowest BCUT2D eigenvalue weighted by molar-refractivity contribution is -0.160. The van der Waals surface area contributed by atoms with Crippen molar-refractivity contribution in [1.82, 2.24) is 4.98 Å². The maximum absolute atomic E-state index is 12.0. The summed E-state index contributed by atoms with van der Waals surface area (Å²) in [5.74, 6) is -0.0975. The first kappa shape index (κ1) is 14.6. The number of pyridine rings is 1. The first-order valence-electron chi connectivity index (χ1n) is 7.04. The van der Waals surface area contributed by atoms with Crippen molar-refractivity contribution in [2.75, 3.05) is 23.7 Å². The third-order valence-corrected chi connectivity index (χ3v) is 3.41. The number of nitrogens with zero attached hydrogens (tertiary/aromatic N) is 2. The predicted octanol–water partition coefficient (Wildman–Crippen LogP) is 2.22. The van der Waals surface area contributed by atoms with Crippen LogP contribution < -0.4 is 10.6 Å². The monoisotopic (exact) mass is 277 g/mol. The number of ether oxygens (including phenoxy) is 1. The first-order chi connectivity index (χ1) is 9.37. The molecule has 5 nitrogen and oxygen atoms in total. The van der Waals surface area contributed by atoms with Gasteiger partial charge in [0.25, 0.3) is 0 Å². The number of nitrogens with two attached hydrogens (primary N) is 1. The van der Waals surface area contributed by atoms with Crippen LogP contribution in [-0.2, 0) is 9.53 Å². The summed E-state index contributed by atoms with van der Waals surface area (Å²) in [4.78, 5) is 18.3. The van der Waals surface area contributed by atoms with Crippen molar-refractivity contribution in [3.63, 3.8) is 0 Å². The molecule has 0 atom stereocenters. The summed E-state index contributed by atoms with van der Waals surface area (Å²) in [5.41, 5.74) is 7.23. The molecule has 2 heterocycles. The zero-order valence-electron chi connectivity index (χ0n) is 12.4. The molecule has 0 aromatic carbocycles. The topological polar surface area (TPSA) is 68.5 Å². The number of nitrogen functional groups attached to an aromatic ring is 1. The Morgan fingerprint density at radius 2 is 2.05 bits per heavy atom. The summed E-state index contributed by atoms with van der Waals surface area (Å²) in [6, 6.07) is 1.80. The highest BCUT2D eigenvalue weighted by molar-refractivity contribution is 5.74. The van der Waals surface area contributed by atoms with Crippen LogP contribution in [0.1, 0.15) is 33.6 Å². The fraction of sp³-hybridized carbons (Fsp3) is 0.600. The largest absolute Gasteiger partial charge is 0.460 e. The average molecular weight is 277 g/mol. The highest BCUT2D eigenvalue weighted by Crippen LogP contribution is 2.28. The number of carbonyl (C=O) groups excluding carboxylic acids is 1. The summed E-state index contributed by atoms with van der Waals surface area (Å²) >= 11 is 0. The molecular formula is C15H23N3O2. The molecule has 0 spiro atoms. The SMILES string of the molecule is CC(C)(C)OC(=O)C1CCN(c2cnccc2N)CC1. The molecule has 2 N–H and O–H groups in total. The highest BCUT2D eigenvalue weighted by atomic mass is 16.6. The van der Waals surface area contributed by atoms with Gasteiger partial charge in [0.15, 0.2) is 0 Å². The zero-order valence-corrected chi connectivity index (χ0v) is 12.4. The van der Waals surface area contributed by atoms with Crippen LogP contribution in [-0.4, -0.2) is 29.6 Å². The van der Waals surface area contributed by atoms with Gasteiger partial charge in [-0.05, 0) is 39.7 Å². The van der Waals surface area contributed by atoms with Crippen LogP contribution in [0.4, 0.5) is 11.4 Å². The van der Waals surface area contributed by atoms with Crippen LogP contribution in [0.5, 0.6) is 0 Å². The third kappa shape index (κ3) is 3.62. The van der Waals surface area contributed by atoms with Gasteiger partial charge in [-0.15, -0.1) is 0 Å². The van der Waals surface area contributed by atoms with E-state index in [9.17, 15) is 4.79 Å². The molecule has 1 aliphatic rings. The van der Waals surface area contributed by atoms with E-state index in [0.717, 1.165) is 37.3 Å². The van der Waals surface area contributed by atoms with Crippen LogP contribution in [0, 0.1) is 5.92 Å². The fourth-order valence-corrected chi connectivity index (χ4v) is 2.40. The number of aromatic nitrogens is 1. The van der Waals surface area contributed by atoms with Crippen molar-refractivity contribution in [2.24, 2.45) is 5.92 Å². The quantitative estimate of drug-likeness (QED) is 0.839. The molecule has 2 rings (SSSR count). The summed E-state index contributed by atoms with van der Waals surface area (Å²) in [5, 5.41) is 0. The maximum Gasteiger partial charge on any atom is 0.309 e. The Bertz CT molecular complexity index is 474. The number of hydrogen-bond donors (Lipinski definition) is 1. The Hall–Kier alpha value is -1.78. The molecule has 1 saturated heterocycles. The van der Waals surface area contributed by atoms with Crippen molar-refractivity contribution in [3.8, 4) is 0 Å². The van der Waals surface area contributed by atoms with Crippen molar-refractivity contribution in [3.05, 3.63) is 18.5 Å². The molecule has 110 valence electrons. The molecule has 1 aromatic heterocycles. The molecule has 0 unspecified atom stereocenters. The van der Waals surface area contributed by atoms with Gasteiger partial charge < -0.3 is 15.4 Å². The predicted molar refractivity (Wildman–Crippen MR) is 79.4 cm³/mol. The number of esters is 1. The Balaban J connectivity index is 1.93.